The van der Waals surface area contributed by atoms with E-state index in [9.17, 15) is 5.11 Å². The molecule has 1 atom stereocenters. The topological polar surface area (TPSA) is 85.5 Å². The molecule has 1 aliphatic heterocycles. The van der Waals surface area contributed by atoms with Gasteiger partial charge >= 0.3 is 0 Å². The molecule has 7 nitrogen and oxygen atoms in total. The average Bonchev–Trinajstić information content (AvgIpc) is 2.98. The molecule has 2 aromatic carbocycles. The Morgan fingerprint density at radius 3 is 2.52 bits per heavy atom. The Balaban J connectivity index is 1.61. The molecule has 2 heterocycles. The quantitative estimate of drug-likeness (QED) is 0.676. The molecule has 0 spiro atoms. The highest BCUT2D eigenvalue weighted by Crippen LogP contribution is 2.41. The number of hydrogen-bond donors (Lipinski definition) is 1. The van der Waals surface area contributed by atoms with Crippen LogP contribution in [0.4, 0.5) is 11.4 Å². The van der Waals surface area contributed by atoms with Crippen LogP contribution in [0.15, 0.2) is 54.9 Å². The highest BCUT2D eigenvalue weighted by atomic mass is 16.5. The summed E-state index contributed by atoms with van der Waals surface area (Å²) in [6, 6.07) is 14.9. The molecule has 0 amide bonds. The van der Waals surface area contributed by atoms with E-state index in [1.54, 1.807) is 36.7 Å². The average molecular weight is 415 g/mol. The number of benzene rings is 2. The van der Waals surface area contributed by atoms with Gasteiger partial charge in [-0.15, -0.1) is 0 Å². The van der Waals surface area contributed by atoms with E-state index in [0.29, 0.717) is 22.9 Å². The van der Waals surface area contributed by atoms with E-state index < -0.39 is 6.35 Å². The minimum Gasteiger partial charge on any atom is -0.437 e. The molecule has 0 fully saturated rings. The summed E-state index contributed by atoms with van der Waals surface area (Å²) in [5.74, 6) is 0.950. The molecule has 0 bridgehead atoms. The summed E-state index contributed by atoms with van der Waals surface area (Å²) < 4.78 is 5.80. The van der Waals surface area contributed by atoms with Gasteiger partial charge in [-0.3, -0.25) is 4.98 Å². The van der Waals surface area contributed by atoms with Crippen LogP contribution in [0.3, 0.4) is 0 Å². The lowest BCUT2D eigenvalue weighted by Gasteiger charge is -2.31. The van der Waals surface area contributed by atoms with Crippen LogP contribution in [0.25, 0.3) is 11.3 Å². The molecule has 0 saturated heterocycles. The van der Waals surface area contributed by atoms with Gasteiger partial charge in [-0.2, -0.15) is 5.26 Å². The van der Waals surface area contributed by atoms with Gasteiger partial charge < -0.3 is 19.6 Å². The van der Waals surface area contributed by atoms with E-state index in [-0.39, 0.29) is 5.41 Å². The van der Waals surface area contributed by atoms with Crippen molar-refractivity contribution in [2.75, 3.05) is 23.4 Å². The number of ether oxygens (including phenoxy) is 1. The normalized spacial score (nSPS) is 15.5. The third-order valence-corrected chi connectivity index (χ3v) is 5.05. The van der Waals surface area contributed by atoms with Gasteiger partial charge in [-0.05, 0) is 41.8 Å². The largest absolute Gasteiger partial charge is 0.437 e. The van der Waals surface area contributed by atoms with Crippen molar-refractivity contribution in [3.63, 3.8) is 0 Å². The van der Waals surface area contributed by atoms with Gasteiger partial charge in [-0.1, -0.05) is 26.8 Å². The number of nitrogens with zero attached hydrogens (tertiary/aromatic N) is 5. The lowest BCUT2D eigenvalue weighted by molar-refractivity contribution is 0.166. The van der Waals surface area contributed by atoms with Crippen molar-refractivity contribution in [2.45, 2.75) is 27.1 Å². The van der Waals surface area contributed by atoms with Crippen LogP contribution in [-0.4, -0.2) is 35.0 Å². The first kappa shape index (κ1) is 20.6. The second-order valence-corrected chi connectivity index (χ2v) is 8.83. The highest BCUT2D eigenvalue weighted by Gasteiger charge is 2.34. The number of nitriles is 1. The Morgan fingerprint density at radius 1 is 1.10 bits per heavy atom. The molecule has 158 valence electrons. The smallest absolute Gasteiger partial charge is 0.238 e. The summed E-state index contributed by atoms with van der Waals surface area (Å²) in [4.78, 5) is 12.7. The van der Waals surface area contributed by atoms with Gasteiger partial charge in [0, 0.05) is 19.2 Å². The number of hydrogen-bond acceptors (Lipinski definition) is 7. The molecule has 1 aromatic heterocycles. The van der Waals surface area contributed by atoms with Crippen LogP contribution in [0.5, 0.6) is 11.6 Å². The number of fused-ring (bicyclic) bond motifs is 1. The van der Waals surface area contributed by atoms with E-state index in [1.807, 2.05) is 35.0 Å². The van der Waals surface area contributed by atoms with Gasteiger partial charge in [0.25, 0.3) is 0 Å². The first-order chi connectivity index (χ1) is 14.7. The molecule has 0 saturated carbocycles. The van der Waals surface area contributed by atoms with Crippen LogP contribution in [0.2, 0.25) is 0 Å². The number of aliphatic hydroxyl groups is 1. The van der Waals surface area contributed by atoms with E-state index in [2.05, 4.69) is 36.8 Å². The van der Waals surface area contributed by atoms with Gasteiger partial charge in [0.1, 0.15) is 5.75 Å². The molecule has 4 rings (SSSR count). The summed E-state index contributed by atoms with van der Waals surface area (Å²) >= 11 is 0. The molecular formula is C24H25N5O2. The molecule has 1 aliphatic rings. The zero-order chi connectivity index (χ0) is 22.2. The fourth-order valence-corrected chi connectivity index (χ4v) is 3.60. The first-order valence-electron chi connectivity index (χ1n) is 10.1. The van der Waals surface area contributed by atoms with Crippen molar-refractivity contribution in [3.05, 3.63) is 60.4 Å². The van der Waals surface area contributed by atoms with Crippen molar-refractivity contribution in [1.82, 2.24) is 9.97 Å². The highest BCUT2D eigenvalue weighted by molar-refractivity contribution is 5.81. The Hall–Kier alpha value is -3.63. The van der Waals surface area contributed by atoms with Crippen molar-refractivity contribution >= 4 is 11.4 Å². The molecular weight excluding hydrogens is 390 g/mol. The van der Waals surface area contributed by atoms with Crippen LogP contribution >= 0.6 is 0 Å². The third kappa shape index (κ3) is 4.30. The van der Waals surface area contributed by atoms with Crippen LogP contribution in [0, 0.1) is 16.7 Å². The zero-order valence-corrected chi connectivity index (χ0v) is 18.1. The predicted octanol–water partition coefficient (Wildman–Crippen LogP) is 4.39. The monoisotopic (exact) mass is 415 g/mol. The molecule has 3 aromatic rings. The van der Waals surface area contributed by atoms with Gasteiger partial charge in [0.2, 0.25) is 12.2 Å². The second kappa shape index (κ2) is 7.89. The molecule has 31 heavy (non-hydrogen) atoms. The number of aromatic nitrogens is 2. The summed E-state index contributed by atoms with van der Waals surface area (Å²) in [5, 5.41) is 19.7. The number of aliphatic hydroxyl groups excluding tert-OH is 1. The van der Waals surface area contributed by atoms with Crippen molar-refractivity contribution in [3.8, 4) is 29.0 Å². The minimum atomic E-state index is -0.707. The molecule has 7 heteroatoms. The Labute approximate surface area is 182 Å². The van der Waals surface area contributed by atoms with Crippen LogP contribution < -0.4 is 14.5 Å². The van der Waals surface area contributed by atoms with Crippen molar-refractivity contribution in [1.29, 1.82) is 5.26 Å². The third-order valence-electron chi connectivity index (χ3n) is 5.05. The molecule has 1 N–H and O–H groups in total. The van der Waals surface area contributed by atoms with E-state index in [0.717, 1.165) is 23.5 Å². The molecule has 1 unspecified atom stereocenters. The van der Waals surface area contributed by atoms with Crippen LogP contribution in [0.1, 0.15) is 26.3 Å². The summed E-state index contributed by atoms with van der Waals surface area (Å²) in [6.45, 7) is 7.20. The molecule has 0 radical (unpaired) electrons. The summed E-state index contributed by atoms with van der Waals surface area (Å²) in [5.41, 5.74) is 4.10. The Bertz CT molecular complexity index is 1130. The lowest BCUT2D eigenvalue weighted by Crippen LogP contribution is -2.44. The zero-order valence-electron chi connectivity index (χ0n) is 18.1. The van der Waals surface area contributed by atoms with Gasteiger partial charge in [0.15, 0.2) is 0 Å². The van der Waals surface area contributed by atoms with E-state index in [4.69, 9.17) is 10.00 Å². The minimum absolute atomic E-state index is 0.0463. The van der Waals surface area contributed by atoms with Gasteiger partial charge in [0.05, 0.1) is 41.1 Å². The second-order valence-electron chi connectivity index (χ2n) is 8.83. The van der Waals surface area contributed by atoms with E-state index in [1.165, 1.54) is 0 Å². The first-order valence-corrected chi connectivity index (χ1v) is 10.1. The fraction of sp³-hybridized carbons (Fsp3) is 0.292. The Morgan fingerprint density at radius 2 is 1.84 bits per heavy atom. The maximum absolute atomic E-state index is 10.7. The maximum atomic E-state index is 10.7. The van der Waals surface area contributed by atoms with Gasteiger partial charge in [-0.25, -0.2) is 4.98 Å². The summed E-state index contributed by atoms with van der Waals surface area (Å²) in [7, 11) is 1.88. The lowest BCUT2D eigenvalue weighted by atomic mass is 9.96. The van der Waals surface area contributed by atoms with Crippen molar-refractivity contribution in [2.24, 2.45) is 5.41 Å². The summed E-state index contributed by atoms with van der Waals surface area (Å²) in [6.07, 6.45) is 2.53. The molecule has 0 aliphatic carbocycles. The number of anilines is 2. The Kier molecular flexibility index (Phi) is 5.25. The SMILES string of the molecule is CN1c2cc(-c3cncc(Oc4ccc(C#N)cc4)n3)ccc2N(CC(C)(C)C)C1O. The fourth-order valence-electron chi connectivity index (χ4n) is 3.60. The standard InChI is InChI=1S/C24H25N5O2/c1-24(2,3)15-29-20-10-7-17(11-21(20)28(4)23(29)30)19-13-26-14-22(27-19)31-18-8-5-16(12-25)6-9-18/h5-11,13-14,23,30H,15H2,1-4H3. The predicted molar refractivity (Wildman–Crippen MR) is 120 cm³/mol. The van der Waals surface area contributed by atoms with Crippen LogP contribution in [-0.2, 0) is 0 Å². The number of rotatable bonds is 4. The maximum Gasteiger partial charge on any atom is 0.238 e. The van der Waals surface area contributed by atoms with E-state index >= 15 is 0 Å². The van der Waals surface area contributed by atoms with Crippen molar-refractivity contribution < 1.29 is 9.84 Å².